The minimum atomic E-state index is 0.101. The van der Waals surface area contributed by atoms with Crippen LogP contribution in [-0.4, -0.2) is 19.3 Å². The summed E-state index contributed by atoms with van der Waals surface area (Å²) < 4.78 is 5.63. The van der Waals surface area contributed by atoms with Gasteiger partial charge in [0.1, 0.15) is 0 Å². The van der Waals surface area contributed by atoms with Gasteiger partial charge in [0.2, 0.25) is 0 Å². The van der Waals surface area contributed by atoms with Gasteiger partial charge in [-0.15, -0.1) is 0 Å². The van der Waals surface area contributed by atoms with Crippen molar-refractivity contribution in [1.82, 2.24) is 5.48 Å². The van der Waals surface area contributed by atoms with Crippen molar-refractivity contribution in [2.75, 3.05) is 13.2 Å². The van der Waals surface area contributed by atoms with Crippen LogP contribution in [0.25, 0.3) is 0 Å². The predicted octanol–water partition coefficient (Wildman–Crippen LogP) is 5.47. The highest BCUT2D eigenvalue weighted by Crippen LogP contribution is 2.28. The monoisotopic (exact) mass is 383 g/mol. The molecule has 0 aliphatic carbocycles. The van der Waals surface area contributed by atoms with Crippen LogP contribution in [0.4, 0.5) is 0 Å². The maximum atomic E-state index is 5.71. The lowest BCUT2D eigenvalue weighted by Gasteiger charge is -2.26. The maximum Gasteiger partial charge on any atom is 0.0933 e. The molecule has 0 amide bonds. The van der Waals surface area contributed by atoms with E-state index in [4.69, 9.17) is 9.57 Å². The molecular formula is C23H29NO2S. The first-order valence-corrected chi connectivity index (χ1v) is 10.4. The number of ether oxygens (including phenoxy) is 1. The van der Waals surface area contributed by atoms with Crippen LogP contribution >= 0.6 is 11.8 Å². The van der Waals surface area contributed by atoms with Crippen LogP contribution in [0.3, 0.4) is 0 Å². The van der Waals surface area contributed by atoms with Crippen molar-refractivity contribution in [3.8, 4) is 0 Å². The average Bonchev–Trinajstić information content (AvgIpc) is 2.68. The summed E-state index contributed by atoms with van der Waals surface area (Å²) in [6, 6.07) is 19.1. The number of nitrogens with one attached hydrogen (secondary N) is 1. The van der Waals surface area contributed by atoms with Crippen LogP contribution in [0, 0.1) is 0 Å². The van der Waals surface area contributed by atoms with Crippen molar-refractivity contribution in [2.24, 2.45) is 0 Å². The molecule has 1 atom stereocenters. The summed E-state index contributed by atoms with van der Waals surface area (Å²) in [5.74, 6) is 0. The lowest BCUT2D eigenvalue weighted by molar-refractivity contribution is -0.0228. The van der Waals surface area contributed by atoms with E-state index in [1.807, 2.05) is 18.2 Å². The van der Waals surface area contributed by atoms with E-state index in [2.05, 4.69) is 68.1 Å². The highest BCUT2D eigenvalue weighted by atomic mass is 32.2. The predicted molar refractivity (Wildman–Crippen MR) is 113 cm³/mol. The Labute approximate surface area is 167 Å². The summed E-state index contributed by atoms with van der Waals surface area (Å²) in [7, 11) is 0. The van der Waals surface area contributed by atoms with E-state index >= 15 is 0 Å². The normalized spacial score (nSPS) is 19.4. The quantitative estimate of drug-likeness (QED) is 0.529. The van der Waals surface area contributed by atoms with Gasteiger partial charge in [-0.05, 0) is 46.1 Å². The van der Waals surface area contributed by atoms with Crippen molar-refractivity contribution in [3.05, 3.63) is 76.7 Å². The molecule has 2 aromatic carbocycles. The molecule has 0 saturated carbocycles. The number of thioether (sulfide) groups is 1. The molecule has 27 heavy (non-hydrogen) atoms. The van der Waals surface area contributed by atoms with Crippen molar-refractivity contribution in [2.45, 2.75) is 50.2 Å². The summed E-state index contributed by atoms with van der Waals surface area (Å²) in [4.78, 5) is 6.97. The number of hydrogen-bond acceptors (Lipinski definition) is 4. The van der Waals surface area contributed by atoms with Gasteiger partial charge in [0, 0.05) is 4.90 Å². The maximum absolute atomic E-state index is 5.71. The Balaban J connectivity index is 1.56. The fraction of sp³-hybridized carbons (Fsp3) is 0.391. The van der Waals surface area contributed by atoms with Gasteiger partial charge in [-0.25, -0.2) is 0 Å². The minimum Gasteiger partial charge on any atom is -0.379 e. The largest absolute Gasteiger partial charge is 0.379 e. The van der Waals surface area contributed by atoms with E-state index in [9.17, 15) is 0 Å². The Morgan fingerprint density at radius 2 is 1.85 bits per heavy atom. The van der Waals surface area contributed by atoms with E-state index in [0.717, 1.165) is 18.6 Å². The highest BCUT2D eigenvalue weighted by Gasteiger charge is 2.19. The summed E-state index contributed by atoms with van der Waals surface area (Å²) in [5, 5.41) is 2.25. The van der Waals surface area contributed by atoms with Gasteiger partial charge in [0.05, 0.1) is 25.9 Å². The van der Waals surface area contributed by atoms with Crippen LogP contribution in [0.2, 0.25) is 0 Å². The zero-order valence-electron chi connectivity index (χ0n) is 16.4. The first kappa shape index (κ1) is 20.2. The van der Waals surface area contributed by atoms with Crippen LogP contribution in [0.5, 0.6) is 0 Å². The van der Waals surface area contributed by atoms with Crippen LogP contribution < -0.4 is 5.48 Å². The average molecular weight is 384 g/mol. The van der Waals surface area contributed by atoms with Gasteiger partial charge in [-0.3, -0.25) is 4.84 Å². The molecule has 2 aromatic rings. The van der Waals surface area contributed by atoms with Crippen molar-refractivity contribution in [1.29, 1.82) is 0 Å². The second kappa shape index (κ2) is 9.56. The third-order valence-corrected chi connectivity index (χ3v) is 5.61. The van der Waals surface area contributed by atoms with Gasteiger partial charge >= 0.3 is 0 Å². The SMILES string of the molecule is CC(C)(C)c1ccc(S/C=C2\CCOCC2NOCc2ccccc2)cc1. The van der Waals surface area contributed by atoms with Gasteiger partial charge in [0.25, 0.3) is 0 Å². The minimum absolute atomic E-state index is 0.101. The first-order valence-electron chi connectivity index (χ1n) is 9.47. The van der Waals surface area contributed by atoms with Crippen molar-refractivity contribution in [3.63, 3.8) is 0 Å². The molecule has 3 nitrogen and oxygen atoms in total. The van der Waals surface area contributed by atoms with Crippen LogP contribution in [0.15, 0.2) is 70.5 Å². The molecule has 1 unspecified atom stereocenters. The number of hydrogen-bond donors (Lipinski definition) is 1. The molecule has 0 radical (unpaired) electrons. The molecule has 1 fully saturated rings. The van der Waals surface area contributed by atoms with E-state index in [1.165, 1.54) is 16.0 Å². The Morgan fingerprint density at radius 3 is 2.56 bits per heavy atom. The molecule has 0 aromatic heterocycles. The Bertz CT molecular complexity index is 735. The summed E-state index contributed by atoms with van der Waals surface area (Å²) in [6.07, 6.45) is 0.930. The second-order valence-corrected chi connectivity index (χ2v) is 8.80. The van der Waals surface area contributed by atoms with Crippen molar-refractivity contribution >= 4 is 11.8 Å². The van der Waals surface area contributed by atoms with E-state index in [1.54, 1.807) is 11.8 Å². The third-order valence-electron chi connectivity index (χ3n) is 4.64. The Hall–Kier alpha value is -1.59. The number of hydroxylamine groups is 1. The third kappa shape index (κ3) is 6.22. The van der Waals surface area contributed by atoms with E-state index in [0.29, 0.717) is 13.2 Å². The van der Waals surface area contributed by atoms with Gasteiger partial charge < -0.3 is 4.74 Å². The van der Waals surface area contributed by atoms with Gasteiger partial charge in [-0.1, -0.05) is 75.0 Å². The molecule has 1 N–H and O–H groups in total. The molecule has 4 heteroatoms. The molecule has 0 bridgehead atoms. The molecule has 1 aliphatic rings. The smallest absolute Gasteiger partial charge is 0.0933 e. The molecule has 1 aliphatic heterocycles. The Morgan fingerprint density at radius 1 is 1.11 bits per heavy atom. The second-order valence-electron chi connectivity index (χ2n) is 7.85. The van der Waals surface area contributed by atoms with E-state index < -0.39 is 0 Å². The molecule has 3 rings (SSSR count). The van der Waals surface area contributed by atoms with Gasteiger partial charge in [0.15, 0.2) is 0 Å². The van der Waals surface area contributed by atoms with Gasteiger partial charge in [-0.2, -0.15) is 5.48 Å². The summed E-state index contributed by atoms with van der Waals surface area (Å²) >= 11 is 1.77. The highest BCUT2D eigenvalue weighted by molar-refractivity contribution is 8.02. The van der Waals surface area contributed by atoms with Crippen molar-refractivity contribution < 1.29 is 9.57 Å². The molecule has 1 saturated heterocycles. The molecule has 0 spiro atoms. The molecule has 1 heterocycles. The first-order chi connectivity index (χ1) is 13.0. The summed E-state index contributed by atoms with van der Waals surface area (Å²) in [5.41, 5.74) is 7.21. The Kier molecular flexibility index (Phi) is 7.13. The zero-order valence-corrected chi connectivity index (χ0v) is 17.2. The van der Waals surface area contributed by atoms with Crippen LogP contribution in [0.1, 0.15) is 38.3 Å². The molecular weight excluding hydrogens is 354 g/mol. The fourth-order valence-electron chi connectivity index (χ4n) is 2.90. The molecule has 144 valence electrons. The zero-order chi connectivity index (χ0) is 19.1. The number of benzene rings is 2. The lowest BCUT2D eigenvalue weighted by Crippen LogP contribution is -2.38. The summed E-state index contributed by atoms with van der Waals surface area (Å²) in [6.45, 7) is 8.68. The standard InChI is InChI=1S/C23H29NO2S/c1-23(2,3)20-9-11-21(12-10-20)27-17-19-13-14-25-16-22(19)24-26-15-18-7-5-4-6-8-18/h4-12,17,22,24H,13-16H2,1-3H3/b19-17+. The van der Waals surface area contributed by atoms with Crippen LogP contribution in [-0.2, 0) is 21.6 Å². The lowest BCUT2D eigenvalue weighted by atomic mass is 9.87. The topological polar surface area (TPSA) is 30.5 Å². The van der Waals surface area contributed by atoms with E-state index in [-0.39, 0.29) is 11.5 Å². The number of rotatable bonds is 6. The fourth-order valence-corrected chi connectivity index (χ4v) is 3.76.